The molecule has 1 atom stereocenters. The van der Waals surface area contributed by atoms with Crippen molar-refractivity contribution in [2.24, 2.45) is 5.92 Å². The second kappa shape index (κ2) is 7.19. The Morgan fingerprint density at radius 1 is 1.11 bits per heavy atom. The fraction of sp³-hybridized carbons (Fsp3) is 0.714. The molecule has 0 amide bonds. The second-order valence-corrected chi connectivity index (χ2v) is 5.42. The van der Waals surface area contributed by atoms with Gasteiger partial charge in [0.15, 0.2) is 0 Å². The molecule has 0 aliphatic rings. The van der Waals surface area contributed by atoms with Crippen molar-refractivity contribution in [3.8, 4) is 5.88 Å². The maximum Gasteiger partial charge on any atom is 0.218 e. The van der Waals surface area contributed by atoms with Crippen LogP contribution in [0.2, 0.25) is 0 Å². The molecule has 1 aromatic rings. The quantitative estimate of drug-likeness (QED) is 0.805. The van der Waals surface area contributed by atoms with Gasteiger partial charge in [0.25, 0.3) is 0 Å². The molecule has 0 bridgehead atoms. The first-order chi connectivity index (χ1) is 8.47. The summed E-state index contributed by atoms with van der Waals surface area (Å²) >= 11 is 0. The molecule has 0 spiro atoms. The fourth-order valence-corrected chi connectivity index (χ4v) is 1.63. The molecule has 18 heavy (non-hydrogen) atoms. The first kappa shape index (κ1) is 14.7. The summed E-state index contributed by atoms with van der Waals surface area (Å²) in [6.45, 7) is 10.6. The van der Waals surface area contributed by atoms with Crippen LogP contribution >= 0.6 is 0 Å². The molecule has 0 radical (unpaired) electrons. The molecule has 0 aromatic carbocycles. The molecule has 1 unspecified atom stereocenters. The van der Waals surface area contributed by atoms with E-state index < -0.39 is 0 Å². The Labute approximate surface area is 110 Å². The van der Waals surface area contributed by atoms with E-state index in [1.165, 1.54) is 12.7 Å². The van der Waals surface area contributed by atoms with Crippen LogP contribution in [0, 0.1) is 5.92 Å². The van der Waals surface area contributed by atoms with Gasteiger partial charge in [-0.25, -0.2) is 9.97 Å². The summed E-state index contributed by atoms with van der Waals surface area (Å²) in [5, 5.41) is 3.38. The summed E-state index contributed by atoms with van der Waals surface area (Å²) < 4.78 is 5.54. The van der Waals surface area contributed by atoms with Crippen molar-refractivity contribution in [3.05, 3.63) is 12.4 Å². The SMILES string of the molecule is CC(C)CCC(C)Nc1cc(OC(C)C)ncn1. The van der Waals surface area contributed by atoms with E-state index in [-0.39, 0.29) is 6.10 Å². The van der Waals surface area contributed by atoms with Crippen LogP contribution in [0.3, 0.4) is 0 Å². The van der Waals surface area contributed by atoms with Gasteiger partial charge < -0.3 is 10.1 Å². The number of hydrogen-bond acceptors (Lipinski definition) is 4. The lowest BCUT2D eigenvalue weighted by Crippen LogP contribution is -2.17. The van der Waals surface area contributed by atoms with Crippen molar-refractivity contribution >= 4 is 5.82 Å². The number of rotatable bonds is 7. The average Bonchev–Trinajstić information content (AvgIpc) is 2.26. The maximum absolute atomic E-state index is 5.54. The summed E-state index contributed by atoms with van der Waals surface area (Å²) in [4.78, 5) is 8.30. The van der Waals surface area contributed by atoms with E-state index in [0.717, 1.165) is 18.2 Å². The third-order valence-electron chi connectivity index (χ3n) is 2.57. The van der Waals surface area contributed by atoms with Crippen molar-refractivity contribution in [2.45, 2.75) is 59.6 Å². The van der Waals surface area contributed by atoms with E-state index in [0.29, 0.717) is 11.9 Å². The van der Waals surface area contributed by atoms with Gasteiger partial charge in [-0.05, 0) is 39.5 Å². The van der Waals surface area contributed by atoms with Gasteiger partial charge in [-0.15, -0.1) is 0 Å². The van der Waals surface area contributed by atoms with E-state index in [2.05, 4.69) is 36.1 Å². The van der Waals surface area contributed by atoms with E-state index in [1.807, 2.05) is 19.9 Å². The Morgan fingerprint density at radius 2 is 1.83 bits per heavy atom. The molecule has 0 saturated carbocycles. The molecule has 1 rings (SSSR count). The van der Waals surface area contributed by atoms with Crippen molar-refractivity contribution in [1.82, 2.24) is 9.97 Å². The first-order valence-corrected chi connectivity index (χ1v) is 6.72. The summed E-state index contributed by atoms with van der Waals surface area (Å²) in [5.41, 5.74) is 0. The zero-order valence-corrected chi connectivity index (χ0v) is 12.1. The molecule has 4 nitrogen and oxygen atoms in total. The van der Waals surface area contributed by atoms with Gasteiger partial charge in [0.05, 0.1) is 6.10 Å². The molecule has 0 saturated heterocycles. The molecular formula is C14H25N3O. The minimum Gasteiger partial charge on any atom is -0.475 e. The Hall–Kier alpha value is -1.32. The molecule has 0 aliphatic carbocycles. The third-order valence-corrected chi connectivity index (χ3v) is 2.57. The number of ether oxygens (including phenoxy) is 1. The van der Waals surface area contributed by atoms with Crippen LogP contribution in [0.1, 0.15) is 47.5 Å². The maximum atomic E-state index is 5.54. The topological polar surface area (TPSA) is 47.0 Å². The molecule has 1 heterocycles. The highest BCUT2D eigenvalue weighted by atomic mass is 16.5. The molecule has 0 fully saturated rings. The predicted molar refractivity (Wildman–Crippen MR) is 75.0 cm³/mol. The summed E-state index contributed by atoms with van der Waals surface area (Å²) in [7, 11) is 0. The Balaban J connectivity index is 2.50. The highest BCUT2D eigenvalue weighted by Gasteiger charge is 2.06. The first-order valence-electron chi connectivity index (χ1n) is 6.72. The Kier molecular flexibility index (Phi) is 5.89. The van der Waals surface area contributed by atoms with Gasteiger partial charge in [-0.3, -0.25) is 0 Å². The fourth-order valence-electron chi connectivity index (χ4n) is 1.63. The van der Waals surface area contributed by atoms with E-state index in [1.54, 1.807) is 0 Å². The predicted octanol–water partition coefficient (Wildman–Crippen LogP) is 3.50. The van der Waals surface area contributed by atoms with Crippen molar-refractivity contribution in [1.29, 1.82) is 0 Å². The van der Waals surface area contributed by atoms with Crippen LogP contribution in [0.5, 0.6) is 5.88 Å². The molecule has 4 heteroatoms. The zero-order valence-electron chi connectivity index (χ0n) is 12.1. The molecule has 1 N–H and O–H groups in total. The zero-order chi connectivity index (χ0) is 13.5. The van der Waals surface area contributed by atoms with Crippen LogP contribution < -0.4 is 10.1 Å². The van der Waals surface area contributed by atoms with Crippen molar-refractivity contribution in [2.75, 3.05) is 5.32 Å². The van der Waals surface area contributed by atoms with Gasteiger partial charge in [0.2, 0.25) is 5.88 Å². The number of nitrogens with zero attached hydrogens (tertiary/aromatic N) is 2. The lowest BCUT2D eigenvalue weighted by Gasteiger charge is -2.16. The van der Waals surface area contributed by atoms with Crippen LogP contribution in [0.15, 0.2) is 12.4 Å². The summed E-state index contributed by atoms with van der Waals surface area (Å²) in [6.07, 6.45) is 4.03. The smallest absolute Gasteiger partial charge is 0.218 e. The average molecular weight is 251 g/mol. The molecular weight excluding hydrogens is 226 g/mol. The second-order valence-electron chi connectivity index (χ2n) is 5.42. The standard InChI is InChI=1S/C14H25N3O/c1-10(2)6-7-12(5)17-13-8-14(16-9-15-13)18-11(3)4/h8-12H,6-7H2,1-5H3,(H,15,16,17). The monoisotopic (exact) mass is 251 g/mol. The Morgan fingerprint density at radius 3 is 2.44 bits per heavy atom. The minimum atomic E-state index is 0.131. The third kappa shape index (κ3) is 5.84. The normalized spacial score (nSPS) is 12.8. The number of anilines is 1. The summed E-state index contributed by atoms with van der Waals surface area (Å²) in [5.74, 6) is 2.19. The molecule has 102 valence electrons. The highest BCUT2D eigenvalue weighted by Crippen LogP contribution is 2.15. The van der Waals surface area contributed by atoms with Crippen LogP contribution in [-0.2, 0) is 0 Å². The summed E-state index contributed by atoms with van der Waals surface area (Å²) in [6, 6.07) is 2.26. The number of hydrogen-bond donors (Lipinski definition) is 1. The van der Waals surface area contributed by atoms with E-state index in [4.69, 9.17) is 4.74 Å². The van der Waals surface area contributed by atoms with Gasteiger partial charge >= 0.3 is 0 Å². The van der Waals surface area contributed by atoms with E-state index in [9.17, 15) is 0 Å². The van der Waals surface area contributed by atoms with E-state index >= 15 is 0 Å². The van der Waals surface area contributed by atoms with Gasteiger partial charge in [-0.1, -0.05) is 13.8 Å². The molecule has 1 aromatic heterocycles. The highest BCUT2D eigenvalue weighted by molar-refractivity contribution is 5.37. The van der Waals surface area contributed by atoms with Crippen LogP contribution in [0.25, 0.3) is 0 Å². The lowest BCUT2D eigenvalue weighted by atomic mass is 10.0. The number of aromatic nitrogens is 2. The van der Waals surface area contributed by atoms with Crippen molar-refractivity contribution in [3.63, 3.8) is 0 Å². The minimum absolute atomic E-state index is 0.131. The van der Waals surface area contributed by atoms with Gasteiger partial charge in [-0.2, -0.15) is 0 Å². The van der Waals surface area contributed by atoms with Gasteiger partial charge in [0.1, 0.15) is 12.1 Å². The Bertz CT molecular complexity index is 353. The van der Waals surface area contributed by atoms with Crippen molar-refractivity contribution < 1.29 is 4.74 Å². The lowest BCUT2D eigenvalue weighted by molar-refractivity contribution is 0.232. The largest absolute Gasteiger partial charge is 0.475 e. The van der Waals surface area contributed by atoms with Gasteiger partial charge in [0, 0.05) is 12.1 Å². The molecule has 0 aliphatic heterocycles. The number of nitrogens with one attached hydrogen (secondary N) is 1. The van der Waals surface area contributed by atoms with Crippen LogP contribution in [-0.4, -0.2) is 22.1 Å². The van der Waals surface area contributed by atoms with Crippen LogP contribution in [0.4, 0.5) is 5.82 Å².